The normalized spacial score (nSPS) is 17.7. The third-order valence-corrected chi connectivity index (χ3v) is 3.87. The Kier molecular flexibility index (Phi) is 3.55. The largest absolute Gasteiger partial charge is 0.508 e. The molecule has 1 heterocycles. The fourth-order valence-corrected chi connectivity index (χ4v) is 2.59. The molecule has 0 aliphatic carbocycles. The number of benzene rings is 2. The van der Waals surface area contributed by atoms with Crippen molar-refractivity contribution < 1.29 is 14.7 Å². The van der Waals surface area contributed by atoms with E-state index in [0.29, 0.717) is 17.7 Å². The number of anilines is 1. The highest BCUT2D eigenvalue weighted by Crippen LogP contribution is 2.24. The number of phenolic OH excluding ortho intramolecular Hbond substituents is 1. The van der Waals surface area contributed by atoms with E-state index in [-0.39, 0.29) is 17.6 Å². The molecule has 5 heteroatoms. The number of carbonyl (C=O) groups excluding carboxylic acids is 2. The van der Waals surface area contributed by atoms with Crippen LogP contribution in [0.3, 0.4) is 0 Å². The number of phenols is 1. The van der Waals surface area contributed by atoms with Crippen LogP contribution in [0.5, 0.6) is 5.75 Å². The van der Waals surface area contributed by atoms with Crippen molar-refractivity contribution in [2.45, 2.75) is 12.5 Å². The van der Waals surface area contributed by atoms with E-state index in [9.17, 15) is 14.7 Å². The number of hydrogen-bond acceptors (Lipinski definition) is 3. The van der Waals surface area contributed by atoms with Gasteiger partial charge in [0.15, 0.2) is 0 Å². The number of fused-ring (bicyclic) bond motifs is 1. The van der Waals surface area contributed by atoms with Crippen molar-refractivity contribution in [1.29, 1.82) is 0 Å². The predicted octanol–water partition coefficient (Wildman–Crippen LogP) is 2.03. The molecule has 0 saturated carbocycles. The molecule has 0 unspecified atom stereocenters. The van der Waals surface area contributed by atoms with Gasteiger partial charge >= 0.3 is 0 Å². The molecule has 2 amide bonds. The summed E-state index contributed by atoms with van der Waals surface area (Å²) in [5, 5.41) is 12.1. The van der Waals surface area contributed by atoms with Crippen LogP contribution in [0.15, 0.2) is 48.5 Å². The number of amides is 2. The summed E-state index contributed by atoms with van der Waals surface area (Å²) < 4.78 is 0. The molecule has 1 atom stereocenters. The van der Waals surface area contributed by atoms with Crippen molar-refractivity contribution in [2.24, 2.45) is 0 Å². The second-order valence-corrected chi connectivity index (χ2v) is 5.34. The first-order valence-corrected chi connectivity index (χ1v) is 7.01. The van der Waals surface area contributed by atoms with E-state index in [4.69, 9.17) is 0 Å². The second kappa shape index (κ2) is 5.52. The maximum atomic E-state index is 12.5. The Morgan fingerprint density at radius 3 is 2.50 bits per heavy atom. The Hall–Kier alpha value is -2.82. The van der Waals surface area contributed by atoms with Gasteiger partial charge in [-0.05, 0) is 29.8 Å². The zero-order valence-corrected chi connectivity index (χ0v) is 12.1. The van der Waals surface area contributed by atoms with Crippen molar-refractivity contribution >= 4 is 17.5 Å². The molecular weight excluding hydrogens is 280 g/mol. The van der Waals surface area contributed by atoms with Crippen LogP contribution in [0, 0.1) is 0 Å². The lowest BCUT2D eigenvalue weighted by atomic mass is 10.0. The number of nitrogens with zero attached hydrogens (tertiary/aromatic N) is 1. The zero-order valence-electron chi connectivity index (χ0n) is 12.1. The Labute approximate surface area is 128 Å². The zero-order chi connectivity index (χ0) is 15.7. The highest BCUT2D eigenvalue weighted by atomic mass is 16.3. The number of likely N-dealkylation sites (N-methyl/N-ethyl adjacent to an activating group) is 1. The predicted molar refractivity (Wildman–Crippen MR) is 82.8 cm³/mol. The van der Waals surface area contributed by atoms with Gasteiger partial charge in [0.05, 0.1) is 11.3 Å². The van der Waals surface area contributed by atoms with Crippen LogP contribution >= 0.6 is 0 Å². The van der Waals surface area contributed by atoms with Crippen molar-refractivity contribution in [2.75, 3.05) is 12.4 Å². The maximum Gasteiger partial charge on any atom is 0.256 e. The highest BCUT2D eigenvalue weighted by molar-refractivity contribution is 6.09. The average Bonchev–Trinajstić information content (AvgIpc) is 2.61. The monoisotopic (exact) mass is 296 g/mol. The summed E-state index contributed by atoms with van der Waals surface area (Å²) in [7, 11) is 1.63. The third-order valence-electron chi connectivity index (χ3n) is 3.87. The summed E-state index contributed by atoms with van der Waals surface area (Å²) in [5.74, 6) is -0.225. The summed E-state index contributed by atoms with van der Waals surface area (Å²) in [5.41, 5.74) is 1.91. The van der Waals surface area contributed by atoms with Gasteiger partial charge in [0.1, 0.15) is 11.8 Å². The summed E-state index contributed by atoms with van der Waals surface area (Å²) in [6.07, 6.45) is 0.391. The molecule has 0 saturated heterocycles. The van der Waals surface area contributed by atoms with Crippen LogP contribution in [0.1, 0.15) is 15.9 Å². The molecule has 112 valence electrons. The number of para-hydroxylation sites is 1. The number of nitrogens with one attached hydrogen (secondary N) is 1. The van der Waals surface area contributed by atoms with Gasteiger partial charge < -0.3 is 15.3 Å². The van der Waals surface area contributed by atoms with Gasteiger partial charge in [-0.15, -0.1) is 0 Å². The molecule has 0 radical (unpaired) electrons. The van der Waals surface area contributed by atoms with Crippen LogP contribution < -0.4 is 5.32 Å². The fourth-order valence-electron chi connectivity index (χ4n) is 2.59. The molecule has 2 aromatic rings. The first-order chi connectivity index (χ1) is 10.6. The minimum atomic E-state index is -0.593. The summed E-state index contributed by atoms with van der Waals surface area (Å²) in [6, 6.07) is 13.0. The number of hydrogen-bond donors (Lipinski definition) is 2. The molecule has 2 aromatic carbocycles. The van der Waals surface area contributed by atoms with E-state index in [1.165, 1.54) is 4.90 Å². The molecule has 2 N–H and O–H groups in total. The molecule has 0 spiro atoms. The van der Waals surface area contributed by atoms with Crippen LogP contribution in [0.4, 0.5) is 5.69 Å². The fraction of sp³-hybridized carbons (Fsp3) is 0.176. The molecule has 0 bridgehead atoms. The van der Waals surface area contributed by atoms with Crippen molar-refractivity contribution in [3.05, 3.63) is 59.7 Å². The minimum absolute atomic E-state index is 0.172. The van der Waals surface area contributed by atoms with E-state index in [1.807, 2.05) is 0 Å². The lowest BCUT2D eigenvalue weighted by molar-refractivity contribution is -0.120. The van der Waals surface area contributed by atoms with E-state index in [1.54, 1.807) is 55.6 Å². The smallest absolute Gasteiger partial charge is 0.256 e. The maximum absolute atomic E-state index is 12.5. The SMILES string of the molecule is CN1C(=O)c2ccccc2NC(=O)[C@@H]1Cc1ccc(O)cc1. The average molecular weight is 296 g/mol. The minimum Gasteiger partial charge on any atom is -0.508 e. The molecule has 3 rings (SSSR count). The molecule has 5 nitrogen and oxygen atoms in total. The highest BCUT2D eigenvalue weighted by Gasteiger charge is 2.32. The van der Waals surface area contributed by atoms with Crippen molar-refractivity contribution in [1.82, 2.24) is 4.90 Å². The molecule has 0 fully saturated rings. The van der Waals surface area contributed by atoms with E-state index in [2.05, 4.69) is 5.32 Å². The Bertz CT molecular complexity index is 725. The molecule has 0 aromatic heterocycles. The molecular formula is C17H16N2O3. The number of carbonyl (C=O) groups is 2. The van der Waals surface area contributed by atoms with Gasteiger partial charge in [-0.25, -0.2) is 0 Å². The lowest BCUT2D eigenvalue weighted by Crippen LogP contribution is -2.44. The molecule has 1 aliphatic rings. The van der Waals surface area contributed by atoms with E-state index >= 15 is 0 Å². The van der Waals surface area contributed by atoms with Gasteiger partial charge in [0, 0.05) is 13.5 Å². The lowest BCUT2D eigenvalue weighted by Gasteiger charge is -2.24. The summed E-state index contributed by atoms with van der Waals surface area (Å²) >= 11 is 0. The van der Waals surface area contributed by atoms with Crippen LogP contribution in [0.2, 0.25) is 0 Å². The van der Waals surface area contributed by atoms with Gasteiger partial charge in [-0.2, -0.15) is 0 Å². The number of rotatable bonds is 2. The van der Waals surface area contributed by atoms with E-state index < -0.39 is 6.04 Å². The van der Waals surface area contributed by atoms with Crippen LogP contribution in [0.25, 0.3) is 0 Å². The van der Waals surface area contributed by atoms with Gasteiger partial charge in [-0.1, -0.05) is 24.3 Å². The number of aromatic hydroxyl groups is 1. The molecule has 1 aliphatic heterocycles. The van der Waals surface area contributed by atoms with Gasteiger partial charge in [-0.3, -0.25) is 9.59 Å². The second-order valence-electron chi connectivity index (χ2n) is 5.34. The third kappa shape index (κ3) is 2.53. The van der Waals surface area contributed by atoms with Gasteiger partial charge in [0.25, 0.3) is 5.91 Å². The summed E-state index contributed by atoms with van der Waals surface area (Å²) in [6.45, 7) is 0. The van der Waals surface area contributed by atoms with Crippen LogP contribution in [-0.4, -0.2) is 34.9 Å². The first-order valence-electron chi connectivity index (χ1n) is 7.01. The Morgan fingerprint density at radius 1 is 1.09 bits per heavy atom. The Morgan fingerprint density at radius 2 is 1.77 bits per heavy atom. The van der Waals surface area contributed by atoms with E-state index in [0.717, 1.165) is 5.56 Å². The summed E-state index contributed by atoms with van der Waals surface area (Å²) in [4.78, 5) is 26.4. The van der Waals surface area contributed by atoms with Gasteiger partial charge in [0.2, 0.25) is 5.91 Å². The van der Waals surface area contributed by atoms with Crippen molar-refractivity contribution in [3.8, 4) is 5.75 Å². The standard InChI is InChI=1S/C17H16N2O3/c1-19-15(10-11-6-8-12(20)9-7-11)16(21)18-14-5-3-2-4-13(14)17(19)22/h2-9,15,20H,10H2,1H3,(H,18,21)/t15-/m0/s1. The van der Waals surface area contributed by atoms with Crippen LogP contribution in [-0.2, 0) is 11.2 Å². The first kappa shape index (κ1) is 14.1. The topological polar surface area (TPSA) is 69.6 Å². The molecule has 22 heavy (non-hydrogen) atoms. The Balaban J connectivity index is 1.91. The quantitative estimate of drug-likeness (QED) is 0.891. The van der Waals surface area contributed by atoms with Crippen molar-refractivity contribution in [3.63, 3.8) is 0 Å².